The second kappa shape index (κ2) is 14.6. The van der Waals surface area contributed by atoms with Crippen molar-refractivity contribution in [2.24, 2.45) is 5.92 Å². The number of fused-ring (bicyclic) bond motifs is 1. The summed E-state index contributed by atoms with van der Waals surface area (Å²) in [6.07, 6.45) is 2.33. The lowest BCUT2D eigenvalue weighted by molar-refractivity contribution is -0.157. The van der Waals surface area contributed by atoms with E-state index in [1.54, 1.807) is 6.92 Å². The number of ether oxygens (including phenoxy) is 1. The number of hydrogen-bond donors (Lipinski definition) is 3. The first-order chi connectivity index (χ1) is 20.2. The number of cyclic esters (lactones) is 1. The zero-order valence-electron chi connectivity index (χ0n) is 24.6. The van der Waals surface area contributed by atoms with E-state index in [1.165, 1.54) is 0 Å². The van der Waals surface area contributed by atoms with Gasteiger partial charge < -0.3 is 20.7 Å². The molecule has 0 aromatic heterocycles. The molecule has 3 aromatic carbocycles. The summed E-state index contributed by atoms with van der Waals surface area (Å²) in [5.74, 6) is -2.06. The van der Waals surface area contributed by atoms with Crippen LogP contribution in [0.25, 0.3) is 10.8 Å². The lowest BCUT2D eigenvalue weighted by Crippen LogP contribution is -2.55. The highest BCUT2D eigenvalue weighted by Gasteiger charge is 2.33. The van der Waals surface area contributed by atoms with Crippen molar-refractivity contribution in [3.8, 4) is 0 Å². The zero-order chi connectivity index (χ0) is 30.1. The third-order valence-corrected chi connectivity index (χ3v) is 7.84. The zero-order valence-corrected chi connectivity index (χ0v) is 24.6. The molecule has 0 unspecified atom stereocenters. The van der Waals surface area contributed by atoms with Gasteiger partial charge in [-0.05, 0) is 41.2 Å². The minimum absolute atomic E-state index is 0.0837. The van der Waals surface area contributed by atoms with Crippen molar-refractivity contribution in [3.05, 3.63) is 83.9 Å². The number of benzene rings is 3. The van der Waals surface area contributed by atoms with E-state index >= 15 is 0 Å². The number of rotatable bonds is 8. The van der Waals surface area contributed by atoms with Gasteiger partial charge in [0.1, 0.15) is 24.2 Å². The van der Waals surface area contributed by atoms with E-state index in [-0.39, 0.29) is 31.1 Å². The lowest BCUT2D eigenvalue weighted by Gasteiger charge is -2.27. The summed E-state index contributed by atoms with van der Waals surface area (Å²) in [5.41, 5.74) is 1.72. The summed E-state index contributed by atoms with van der Waals surface area (Å²) in [6, 6.07) is 20.3. The van der Waals surface area contributed by atoms with E-state index in [0.717, 1.165) is 41.2 Å². The Balaban J connectivity index is 1.62. The fraction of sp³-hybridized carbons (Fsp3) is 0.412. The molecule has 8 heteroatoms. The van der Waals surface area contributed by atoms with Gasteiger partial charge in [-0.15, -0.1) is 0 Å². The van der Waals surface area contributed by atoms with E-state index < -0.39 is 42.0 Å². The standard InChI is InChI=1S/C34H41N3O5/c1-4-5-11-22(2)30-21-31(38)36-28(20-25-16-17-26-14-9-10-15-27(26)18-25)33(40)35-23(3)32(39)37-29(34(41)42-30)19-24-12-7-6-8-13-24/h6-10,12-18,22-23,28-30H,4-5,11,19-21H2,1-3H3,(H,35,40)(H,36,38)(H,37,39)/t22-,23-,28+,29+,30+/m0/s1. The molecule has 3 N–H and O–H groups in total. The Labute approximate surface area is 247 Å². The van der Waals surface area contributed by atoms with Gasteiger partial charge >= 0.3 is 5.97 Å². The van der Waals surface area contributed by atoms with Gasteiger partial charge in [0.05, 0.1) is 6.42 Å². The Kier molecular flexibility index (Phi) is 10.7. The molecular formula is C34H41N3O5. The maximum absolute atomic E-state index is 13.5. The van der Waals surface area contributed by atoms with Gasteiger partial charge in [-0.1, -0.05) is 99.5 Å². The van der Waals surface area contributed by atoms with Crippen molar-refractivity contribution in [2.45, 2.75) is 83.5 Å². The number of unbranched alkanes of at least 4 members (excludes halogenated alkanes) is 1. The van der Waals surface area contributed by atoms with Crippen LogP contribution in [-0.4, -0.2) is 47.9 Å². The van der Waals surface area contributed by atoms with E-state index in [2.05, 4.69) is 22.9 Å². The molecular weight excluding hydrogens is 530 g/mol. The number of amides is 3. The van der Waals surface area contributed by atoms with Crippen LogP contribution in [0.5, 0.6) is 0 Å². The molecule has 3 aromatic rings. The monoisotopic (exact) mass is 571 g/mol. The first kappa shape index (κ1) is 30.8. The highest BCUT2D eigenvalue weighted by Crippen LogP contribution is 2.21. The average molecular weight is 572 g/mol. The molecule has 1 heterocycles. The smallest absolute Gasteiger partial charge is 0.329 e. The van der Waals surface area contributed by atoms with E-state index in [0.29, 0.717) is 0 Å². The Hall–Kier alpha value is -4.20. The molecule has 0 saturated carbocycles. The maximum Gasteiger partial charge on any atom is 0.329 e. The van der Waals surface area contributed by atoms with Crippen molar-refractivity contribution in [3.63, 3.8) is 0 Å². The minimum atomic E-state index is -0.975. The van der Waals surface area contributed by atoms with Crippen molar-refractivity contribution < 1.29 is 23.9 Å². The Morgan fingerprint density at radius 1 is 0.786 bits per heavy atom. The topological polar surface area (TPSA) is 114 Å². The number of esters is 1. The van der Waals surface area contributed by atoms with Crippen LogP contribution >= 0.6 is 0 Å². The van der Waals surface area contributed by atoms with Gasteiger partial charge in [-0.2, -0.15) is 0 Å². The SMILES string of the molecule is CCCC[C@H](C)[C@H]1CC(=O)N[C@H](Cc2ccc3ccccc3c2)C(=O)N[C@@H](C)C(=O)N[C@H](Cc2ccccc2)C(=O)O1. The van der Waals surface area contributed by atoms with E-state index in [9.17, 15) is 19.2 Å². The van der Waals surface area contributed by atoms with Crippen LogP contribution in [0.2, 0.25) is 0 Å². The summed E-state index contributed by atoms with van der Waals surface area (Å²) in [4.78, 5) is 53.6. The van der Waals surface area contributed by atoms with Crippen LogP contribution in [0, 0.1) is 5.92 Å². The third kappa shape index (κ3) is 8.41. The molecule has 3 amide bonds. The predicted molar refractivity (Wildman–Crippen MR) is 162 cm³/mol. The number of carbonyl (C=O) groups is 4. The molecule has 0 bridgehead atoms. The fourth-order valence-electron chi connectivity index (χ4n) is 5.27. The molecule has 0 aliphatic carbocycles. The lowest BCUT2D eigenvalue weighted by atomic mass is 9.95. The van der Waals surface area contributed by atoms with Crippen LogP contribution in [0.4, 0.5) is 0 Å². The Bertz CT molecular complexity index is 1390. The first-order valence-electron chi connectivity index (χ1n) is 14.9. The van der Waals surface area contributed by atoms with Crippen molar-refractivity contribution >= 4 is 34.5 Å². The van der Waals surface area contributed by atoms with Gasteiger partial charge in [-0.25, -0.2) is 4.79 Å². The van der Waals surface area contributed by atoms with Gasteiger partial charge in [-0.3, -0.25) is 14.4 Å². The molecule has 42 heavy (non-hydrogen) atoms. The molecule has 8 nitrogen and oxygen atoms in total. The molecule has 1 saturated heterocycles. The number of nitrogens with one attached hydrogen (secondary N) is 3. The van der Waals surface area contributed by atoms with Crippen LogP contribution in [0.3, 0.4) is 0 Å². The van der Waals surface area contributed by atoms with Gasteiger partial charge in [0.15, 0.2) is 0 Å². The van der Waals surface area contributed by atoms with Crippen molar-refractivity contribution in [2.75, 3.05) is 0 Å². The largest absolute Gasteiger partial charge is 0.460 e. The first-order valence-corrected chi connectivity index (χ1v) is 14.9. The fourth-order valence-corrected chi connectivity index (χ4v) is 5.27. The maximum atomic E-state index is 13.5. The van der Waals surface area contributed by atoms with E-state index in [1.807, 2.05) is 79.7 Å². The third-order valence-electron chi connectivity index (χ3n) is 7.84. The summed E-state index contributed by atoms with van der Waals surface area (Å²) < 4.78 is 5.97. The number of carbonyl (C=O) groups excluding carboxylic acids is 4. The van der Waals surface area contributed by atoms with Crippen molar-refractivity contribution in [1.29, 1.82) is 0 Å². The quantitative estimate of drug-likeness (QED) is 0.350. The van der Waals surface area contributed by atoms with Crippen molar-refractivity contribution in [1.82, 2.24) is 16.0 Å². The highest BCUT2D eigenvalue weighted by molar-refractivity contribution is 5.94. The van der Waals surface area contributed by atoms with E-state index in [4.69, 9.17) is 4.74 Å². The predicted octanol–water partition coefficient (Wildman–Crippen LogP) is 4.24. The second-order valence-corrected chi connectivity index (χ2v) is 11.3. The second-order valence-electron chi connectivity index (χ2n) is 11.3. The summed E-state index contributed by atoms with van der Waals surface area (Å²) in [7, 11) is 0. The van der Waals surface area contributed by atoms with Gasteiger partial charge in [0, 0.05) is 12.8 Å². The summed E-state index contributed by atoms with van der Waals surface area (Å²) in [6.45, 7) is 5.60. The van der Waals surface area contributed by atoms with Crippen LogP contribution in [0.15, 0.2) is 72.8 Å². The molecule has 5 atom stereocenters. The van der Waals surface area contributed by atoms with Gasteiger partial charge in [0.25, 0.3) is 0 Å². The molecule has 0 radical (unpaired) electrons. The van der Waals surface area contributed by atoms with Crippen LogP contribution < -0.4 is 16.0 Å². The van der Waals surface area contributed by atoms with Crippen LogP contribution in [0.1, 0.15) is 57.6 Å². The summed E-state index contributed by atoms with van der Waals surface area (Å²) >= 11 is 0. The van der Waals surface area contributed by atoms with Crippen LogP contribution in [-0.2, 0) is 36.8 Å². The molecule has 1 fully saturated rings. The number of hydrogen-bond acceptors (Lipinski definition) is 5. The molecule has 1 aliphatic heterocycles. The Morgan fingerprint density at radius 2 is 1.48 bits per heavy atom. The molecule has 1 aliphatic rings. The molecule has 222 valence electrons. The molecule has 0 spiro atoms. The highest BCUT2D eigenvalue weighted by atomic mass is 16.5. The molecule has 4 rings (SSSR count). The normalized spacial score (nSPS) is 22.9. The average Bonchev–Trinajstić information content (AvgIpc) is 2.99. The van der Waals surface area contributed by atoms with Gasteiger partial charge in [0.2, 0.25) is 17.7 Å². The minimum Gasteiger partial charge on any atom is -0.460 e. The summed E-state index contributed by atoms with van der Waals surface area (Å²) in [5, 5.41) is 10.5. The Morgan fingerprint density at radius 3 is 2.21 bits per heavy atom.